The van der Waals surface area contributed by atoms with Crippen LogP contribution in [0.1, 0.15) is 96.1 Å². The Morgan fingerprint density at radius 2 is 1.45 bits per heavy atom. The minimum atomic E-state index is -1.48. The molecule has 390 valence electrons. The highest BCUT2D eigenvalue weighted by Crippen LogP contribution is 2.24. The van der Waals surface area contributed by atoms with Gasteiger partial charge in [-0.25, -0.2) is 0 Å². The number of para-hydroxylation sites is 1. The van der Waals surface area contributed by atoms with Crippen LogP contribution in [-0.4, -0.2) is 130 Å². The number of carbonyl (C=O) groups is 9. The van der Waals surface area contributed by atoms with E-state index in [9.17, 15) is 38.4 Å². The van der Waals surface area contributed by atoms with Crippen LogP contribution in [0.2, 0.25) is 0 Å². The average molecular weight is 1000 g/mol. The first-order valence-electron chi connectivity index (χ1n) is 25.4. The Balaban J connectivity index is 1.35. The molecular formula is C54H70N10O9. The van der Waals surface area contributed by atoms with E-state index in [0.717, 1.165) is 38.9 Å². The quantitative estimate of drug-likeness (QED) is 0.104. The molecule has 3 aromatic carbocycles. The zero-order valence-electron chi connectivity index (χ0n) is 42.2. The number of primary amides is 1. The molecule has 3 heterocycles. The zero-order chi connectivity index (χ0) is 52.6. The fourth-order valence-corrected chi connectivity index (χ4v) is 9.38. The minimum Gasteiger partial charge on any atom is -0.368 e. The Bertz CT molecular complexity index is 2600. The van der Waals surface area contributed by atoms with E-state index < -0.39 is 102 Å². The van der Waals surface area contributed by atoms with Crippen molar-refractivity contribution in [2.75, 3.05) is 20.1 Å². The summed E-state index contributed by atoms with van der Waals surface area (Å²) in [7, 11) is 1.36. The molecule has 73 heavy (non-hydrogen) atoms. The number of hydrogen-bond acceptors (Lipinski definition) is 9. The number of nitrogens with one attached hydrogen (secondary N) is 7. The molecule has 0 aliphatic carbocycles. The molecule has 0 saturated carbocycles. The predicted molar refractivity (Wildman–Crippen MR) is 275 cm³/mol. The van der Waals surface area contributed by atoms with Gasteiger partial charge in [0, 0.05) is 57.0 Å². The summed E-state index contributed by atoms with van der Waals surface area (Å²) < 4.78 is 0. The molecule has 6 rings (SSSR count). The van der Waals surface area contributed by atoms with Gasteiger partial charge < -0.3 is 52.4 Å². The summed E-state index contributed by atoms with van der Waals surface area (Å²) in [6.07, 6.45) is 4.95. The lowest BCUT2D eigenvalue weighted by Gasteiger charge is -2.38. The first-order chi connectivity index (χ1) is 35.0. The number of hydrogen-bond donors (Lipinski definition) is 8. The number of benzene rings is 3. The van der Waals surface area contributed by atoms with Crippen LogP contribution in [0.5, 0.6) is 0 Å². The van der Waals surface area contributed by atoms with Crippen molar-refractivity contribution in [3.63, 3.8) is 0 Å². The summed E-state index contributed by atoms with van der Waals surface area (Å²) in [5.74, 6) is -5.90. The number of nitrogens with zero attached hydrogens (tertiary/aromatic N) is 2. The van der Waals surface area contributed by atoms with Gasteiger partial charge in [-0.3, -0.25) is 43.2 Å². The number of likely N-dealkylation sites (N-methyl/N-ethyl adjacent to an activating group) is 1. The van der Waals surface area contributed by atoms with Gasteiger partial charge in [0.15, 0.2) is 0 Å². The van der Waals surface area contributed by atoms with Crippen LogP contribution in [0.25, 0.3) is 22.0 Å². The molecule has 0 radical (unpaired) electrons. The maximum atomic E-state index is 15.1. The number of nitrogens with two attached hydrogens (primary N) is 1. The van der Waals surface area contributed by atoms with Gasteiger partial charge in [0.1, 0.15) is 42.3 Å². The van der Waals surface area contributed by atoms with Crippen LogP contribution in [0.15, 0.2) is 85.1 Å². The van der Waals surface area contributed by atoms with Crippen molar-refractivity contribution >= 4 is 64.1 Å². The second-order valence-electron chi connectivity index (χ2n) is 19.1. The fourth-order valence-electron chi connectivity index (χ4n) is 9.38. The Morgan fingerprint density at radius 1 is 0.767 bits per heavy atom. The first-order valence-corrected chi connectivity index (χ1v) is 25.4. The molecule has 19 heteroatoms. The van der Waals surface area contributed by atoms with E-state index in [0.29, 0.717) is 37.7 Å². The lowest BCUT2D eigenvalue weighted by molar-refractivity contribution is -0.147. The maximum absolute atomic E-state index is 15.1. The van der Waals surface area contributed by atoms with Crippen molar-refractivity contribution in [1.82, 2.24) is 46.7 Å². The molecule has 2 fully saturated rings. The van der Waals surface area contributed by atoms with Gasteiger partial charge in [-0.1, -0.05) is 92.6 Å². The molecule has 1 unspecified atom stereocenters. The number of H-pyrrole nitrogens is 1. The number of fused-ring (bicyclic) bond motifs is 2. The van der Waals surface area contributed by atoms with Crippen LogP contribution in [0, 0.1) is 0 Å². The van der Waals surface area contributed by atoms with Crippen LogP contribution < -0.4 is 37.6 Å². The molecular weight excluding hydrogens is 933 g/mol. The summed E-state index contributed by atoms with van der Waals surface area (Å²) in [4.78, 5) is 131. The van der Waals surface area contributed by atoms with Gasteiger partial charge in [0.05, 0.1) is 6.42 Å². The predicted octanol–water partition coefficient (Wildman–Crippen LogP) is 2.66. The number of carbonyl (C=O) groups excluding carboxylic acids is 9. The third kappa shape index (κ3) is 15.0. The summed E-state index contributed by atoms with van der Waals surface area (Å²) in [5, 5.41) is 17.4. The Labute approximate surface area is 425 Å². The van der Waals surface area contributed by atoms with Crippen LogP contribution in [0.3, 0.4) is 0 Å². The van der Waals surface area contributed by atoms with Gasteiger partial charge in [0.25, 0.3) is 0 Å². The SMILES string of the molecule is CCCC[C@H](NC(C)=O)C(=O)N[C@H]1CC(=O)NCCCC[C@@H](C(N)=O)NC(=O)[C@H](Cc2c[nH]c3ccccc23)NC(=O)C2CCCCN2C(=O)[C@@H](Cc2ccc(-c3ccccc3)cc2)NC(=O)[C@H](C)N(C)C1=O. The van der Waals surface area contributed by atoms with E-state index in [1.54, 1.807) is 6.20 Å². The topological polar surface area (TPSA) is 274 Å². The largest absolute Gasteiger partial charge is 0.368 e. The van der Waals surface area contributed by atoms with Crippen LogP contribution >= 0.6 is 0 Å². The van der Waals surface area contributed by atoms with Gasteiger partial charge >= 0.3 is 0 Å². The zero-order valence-corrected chi connectivity index (χ0v) is 42.2. The average Bonchev–Trinajstić information content (AvgIpc) is 3.80. The number of piperidine rings is 1. The highest BCUT2D eigenvalue weighted by molar-refractivity contribution is 5.99. The summed E-state index contributed by atoms with van der Waals surface area (Å²) in [6.45, 7) is 4.90. The normalized spacial score (nSPS) is 22.7. The molecule has 9 amide bonds. The summed E-state index contributed by atoms with van der Waals surface area (Å²) >= 11 is 0. The molecule has 7 atom stereocenters. The number of aromatic amines is 1. The fraction of sp³-hybridized carbons (Fsp3) is 0.463. The van der Waals surface area contributed by atoms with Crippen LogP contribution in [-0.2, 0) is 56.0 Å². The van der Waals surface area contributed by atoms with E-state index in [2.05, 4.69) is 36.9 Å². The molecule has 1 aromatic heterocycles. The smallest absolute Gasteiger partial charge is 0.246 e. The lowest BCUT2D eigenvalue weighted by atomic mass is 9.96. The molecule has 2 saturated heterocycles. The monoisotopic (exact) mass is 1000 g/mol. The molecule has 2 aliphatic heterocycles. The second-order valence-corrected chi connectivity index (χ2v) is 19.1. The van der Waals surface area contributed by atoms with Gasteiger partial charge in [0.2, 0.25) is 53.2 Å². The van der Waals surface area contributed by atoms with Gasteiger partial charge in [-0.05, 0) is 80.2 Å². The molecule has 0 spiro atoms. The number of rotatable bonds is 12. The third-order valence-corrected chi connectivity index (χ3v) is 13.7. The Kier molecular flexibility index (Phi) is 19.7. The molecule has 9 N–H and O–H groups in total. The van der Waals surface area contributed by atoms with E-state index in [4.69, 9.17) is 5.73 Å². The number of unbranched alkanes of at least 4 members (excludes halogenated alkanes) is 1. The standard InChI is InChI=1S/C54H70N10O9/c1-5-6-19-42(58-34(3)65)50(69)62-45-31-47(66)56-27-14-12-21-41(48(55)67)59-51(70)43(30-38-32-57-40-20-11-10-18-39(38)40)60-52(71)46-22-13-15-28-64(46)54(73)44(61-49(68)33(2)63(4)53(45)72)29-35-23-25-37(26-24-35)36-16-8-7-9-17-36/h7-11,16-18,20,23-26,32-33,41-46,57H,5-6,12-15,19,21-22,27-31H2,1-4H3,(H2,55,67)(H,56,66)(H,58,65)(H,59,70)(H,60,71)(H,61,68)(H,62,69)/t33-,41-,42-,43-,44+,45-,46?/m0/s1. The number of amides is 9. The van der Waals surface area contributed by atoms with Gasteiger partial charge in [-0.15, -0.1) is 0 Å². The number of aromatic nitrogens is 1. The molecule has 19 nitrogen and oxygen atoms in total. The molecule has 4 aromatic rings. The minimum absolute atomic E-state index is 0.00386. The van der Waals surface area contributed by atoms with E-state index in [1.807, 2.05) is 85.8 Å². The Hall–Kier alpha value is -7.57. The summed E-state index contributed by atoms with van der Waals surface area (Å²) in [6, 6.07) is 16.3. The third-order valence-electron chi connectivity index (χ3n) is 13.7. The van der Waals surface area contributed by atoms with E-state index >= 15 is 4.79 Å². The van der Waals surface area contributed by atoms with E-state index in [1.165, 1.54) is 25.8 Å². The van der Waals surface area contributed by atoms with E-state index in [-0.39, 0.29) is 45.2 Å². The van der Waals surface area contributed by atoms with Crippen molar-refractivity contribution in [1.29, 1.82) is 0 Å². The van der Waals surface area contributed by atoms with Crippen molar-refractivity contribution < 1.29 is 43.2 Å². The maximum Gasteiger partial charge on any atom is 0.246 e. The van der Waals surface area contributed by atoms with Crippen molar-refractivity contribution in [3.05, 3.63) is 96.2 Å². The second kappa shape index (κ2) is 26.2. The highest BCUT2D eigenvalue weighted by Gasteiger charge is 2.40. The lowest BCUT2D eigenvalue weighted by Crippen LogP contribution is -2.62. The van der Waals surface area contributed by atoms with Crippen LogP contribution in [0.4, 0.5) is 0 Å². The Morgan fingerprint density at radius 3 is 2.16 bits per heavy atom. The molecule has 2 aliphatic rings. The summed E-state index contributed by atoms with van der Waals surface area (Å²) in [5.41, 5.74) is 9.96. The van der Waals surface area contributed by atoms with Gasteiger partial charge in [-0.2, -0.15) is 0 Å². The highest BCUT2D eigenvalue weighted by atomic mass is 16.2. The van der Waals surface area contributed by atoms with Crippen molar-refractivity contribution in [3.8, 4) is 11.1 Å². The molecule has 0 bridgehead atoms. The van der Waals surface area contributed by atoms with Crippen molar-refractivity contribution in [2.45, 2.75) is 140 Å². The first kappa shape index (κ1) is 54.8. The van der Waals surface area contributed by atoms with Crippen molar-refractivity contribution in [2.24, 2.45) is 5.73 Å².